The smallest absolute Gasteiger partial charge is 0.213 e. The first-order chi connectivity index (χ1) is 8.03. The van der Waals surface area contributed by atoms with Gasteiger partial charge in [0.25, 0.3) is 0 Å². The van der Waals surface area contributed by atoms with E-state index in [4.69, 9.17) is 11.6 Å². The van der Waals surface area contributed by atoms with E-state index in [1.54, 1.807) is 6.07 Å². The van der Waals surface area contributed by atoms with E-state index in [2.05, 4.69) is 10.0 Å². The van der Waals surface area contributed by atoms with Gasteiger partial charge >= 0.3 is 0 Å². The molecule has 0 fully saturated rings. The van der Waals surface area contributed by atoms with Crippen molar-refractivity contribution in [1.82, 2.24) is 10.0 Å². The van der Waals surface area contributed by atoms with E-state index in [1.165, 1.54) is 11.3 Å². The molecule has 1 aromatic rings. The molecule has 0 aliphatic heterocycles. The Morgan fingerprint density at radius 1 is 1.35 bits per heavy atom. The fourth-order valence-corrected chi connectivity index (χ4v) is 3.26. The highest BCUT2D eigenvalue weighted by molar-refractivity contribution is 7.89. The lowest BCUT2D eigenvalue weighted by Gasteiger charge is -2.06. The van der Waals surface area contributed by atoms with Crippen molar-refractivity contribution in [2.24, 2.45) is 0 Å². The number of hydrogen-bond acceptors (Lipinski definition) is 4. The van der Waals surface area contributed by atoms with Crippen LogP contribution in [-0.4, -0.2) is 27.3 Å². The van der Waals surface area contributed by atoms with Crippen LogP contribution in [0.4, 0.5) is 0 Å². The fraction of sp³-hybridized carbons (Fsp3) is 0.600. The number of halogens is 1. The summed E-state index contributed by atoms with van der Waals surface area (Å²) in [5, 5.41) is 3.06. The van der Waals surface area contributed by atoms with Crippen LogP contribution in [0.1, 0.15) is 18.2 Å². The summed E-state index contributed by atoms with van der Waals surface area (Å²) in [6, 6.07) is 3.59. The molecule has 2 N–H and O–H groups in total. The maximum Gasteiger partial charge on any atom is 0.213 e. The maximum atomic E-state index is 11.6. The van der Waals surface area contributed by atoms with E-state index in [-0.39, 0.29) is 5.75 Å². The zero-order valence-electron chi connectivity index (χ0n) is 9.70. The van der Waals surface area contributed by atoms with Gasteiger partial charge in [0.15, 0.2) is 0 Å². The molecule has 0 atom stereocenters. The molecular formula is C10H17ClN2O2S2. The van der Waals surface area contributed by atoms with Gasteiger partial charge in [0.1, 0.15) is 0 Å². The second-order valence-electron chi connectivity index (χ2n) is 3.60. The average molecular weight is 297 g/mol. The average Bonchev–Trinajstić information content (AvgIpc) is 2.68. The molecule has 7 heteroatoms. The molecule has 0 amide bonds. The first-order valence-corrected chi connectivity index (χ1v) is 8.30. The van der Waals surface area contributed by atoms with E-state index in [0.717, 1.165) is 17.8 Å². The molecule has 1 heterocycles. The van der Waals surface area contributed by atoms with E-state index in [1.807, 2.05) is 13.0 Å². The first-order valence-electron chi connectivity index (χ1n) is 5.46. The van der Waals surface area contributed by atoms with Crippen LogP contribution in [0.15, 0.2) is 12.1 Å². The number of rotatable bonds is 8. The molecule has 0 aliphatic carbocycles. The van der Waals surface area contributed by atoms with E-state index < -0.39 is 10.0 Å². The number of hydrogen-bond donors (Lipinski definition) is 2. The topological polar surface area (TPSA) is 58.2 Å². The SMILES string of the molecule is CCCNCCS(=O)(=O)NCc1ccc(Cl)s1. The van der Waals surface area contributed by atoms with Crippen molar-refractivity contribution in [3.63, 3.8) is 0 Å². The lowest BCUT2D eigenvalue weighted by molar-refractivity contribution is 0.576. The van der Waals surface area contributed by atoms with Gasteiger partial charge in [0.2, 0.25) is 10.0 Å². The molecule has 0 aliphatic rings. The molecule has 1 rings (SSSR count). The Morgan fingerprint density at radius 2 is 2.12 bits per heavy atom. The van der Waals surface area contributed by atoms with Gasteiger partial charge < -0.3 is 5.32 Å². The monoisotopic (exact) mass is 296 g/mol. The number of thiophene rings is 1. The molecule has 1 aromatic heterocycles. The van der Waals surface area contributed by atoms with Crippen molar-refractivity contribution in [3.05, 3.63) is 21.3 Å². The lowest BCUT2D eigenvalue weighted by atomic mass is 10.5. The number of nitrogens with one attached hydrogen (secondary N) is 2. The van der Waals surface area contributed by atoms with Crippen LogP contribution in [0.5, 0.6) is 0 Å². The first kappa shape index (κ1) is 14.9. The van der Waals surface area contributed by atoms with Crippen LogP contribution in [-0.2, 0) is 16.6 Å². The fourth-order valence-electron chi connectivity index (χ4n) is 1.21. The minimum atomic E-state index is -3.20. The van der Waals surface area contributed by atoms with Crippen molar-refractivity contribution in [2.45, 2.75) is 19.9 Å². The zero-order chi connectivity index (χ0) is 12.7. The maximum absolute atomic E-state index is 11.6. The summed E-state index contributed by atoms with van der Waals surface area (Å²) in [4.78, 5) is 0.917. The normalized spacial score (nSPS) is 11.9. The van der Waals surface area contributed by atoms with Gasteiger partial charge in [0, 0.05) is 18.0 Å². The summed E-state index contributed by atoms with van der Waals surface area (Å²) in [5.74, 6) is 0.103. The van der Waals surface area contributed by atoms with Crippen LogP contribution in [0.3, 0.4) is 0 Å². The minimum Gasteiger partial charge on any atom is -0.316 e. The highest BCUT2D eigenvalue weighted by atomic mass is 35.5. The van der Waals surface area contributed by atoms with E-state index in [9.17, 15) is 8.42 Å². The highest BCUT2D eigenvalue weighted by Crippen LogP contribution is 2.21. The molecule has 98 valence electrons. The van der Waals surface area contributed by atoms with E-state index in [0.29, 0.717) is 17.4 Å². The van der Waals surface area contributed by atoms with E-state index >= 15 is 0 Å². The Kier molecular flexibility index (Phi) is 6.43. The summed E-state index contributed by atoms with van der Waals surface area (Å²) >= 11 is 7.14. The summed E-state index contributed by atoms with van der Waals surface area (Å²) < 4.78 is 26.4. The van der Waals surface area contributed by atoms with Gasteiger partial charge in [-0.3, -0.25) is 0 Å². The zero-order valence-corrected chi connectivity index (χ0v) is 12.1. The van der Waals surface area contributed by atoms with Crippen LogP contribution >= 0.6 is 22.9 Å². The third kappa shape index (κ3) is 6.38. The summed E-state index contributed by atoms with van der Waals surface area (Å²) in [6.07, 6.45) is 1.00. The Bertz CT molecular complexity index is 431. The molecule has 17 heavy (non-hydrogen) atoms. The molecule has 4 nitrogen and oxygen atoms in total. The van der Waals surface area contributed by atoms with Crippen molar-refractivity contribution in [3.8, 4) is 0 Å². The molecule has 0 aromatic carbocycles. The Morgan fingerprint density at radius 3 is 2.71 bits per heavy atom. The number of sulfonamides is 1. The van der Waals surface area contributed by atoms with Gasteiger partial charge in [-0.1, -0.05) is 18.5 Å². The predicted molar refractivity (Wildman–Crippen MR) is 73.1 cm³/mol. The largest absolute Gasteiger partial charge is 0.316 e. The Labute approximate surface area is 111 Å². The van der Waals surface area contributed by atoms with Gasteiger partial charge in [-0.2, -0.15) is 0 Å². The van der Waals surface area contributed by atoms with Crippen LogP contribution in [0.25, 0.3) is 0 Å². The second kappa shape index (κ2) is 7.33. The van der Waals surface area contributed by atoms with Gasteiger partial charge in [-0.15, -0.1) is 11.3 Å². The summed E-state index contributed by atoms with van der Waals surface area (Å²) in [5.41, 5.74) is 0. The molecule has 0 saturated carbocycles. The Hall–Kier alpha value is -0.140. The molecule has 0 bridgehead atoms. The standard InChI is InChI=1S/C10H17ClN2O2S2/c1-2-5-12-6-7-17(14,15)13-8-9-3-4-10(11)16-9/h3-4,12-13H,2,5-8H2,1H3. The molecule has 0 saturated heterocycles. The lowest BCUT2D eigenvalue weighted by Crippen LogP contribution is -2.31. The van der Waals surface area contributed by atoms with Gasteiger partial charge in [-0.25, -0.2) is 13.1 Å². The second-order valence-corrected chi connectivity index (χ2v) is 7.32. The highest BCUT2D eigenvalue weighted by Gasteiger charge is 2.09. The predicted octanol–water partition coefficient (Wildman–Crippen LogP) is 1.82. The van der Waals surface area contributed by atoms with Gasteiger partial charge in [-0.05, 0) is 25.1 Å². The third-order valence-corrected chi connectivity index (χ3v) is 4.63. The van der Waals surface area contributed by atoms with Crippen molar-refractivity contribution < 1.29 is 8.42 Å². The third-order valence-electron chi connectivity index (χ3n) is 2.07. The molecule has 0 unspecified atom stereocenters. The van der Waals surface area contributed by atoms with Crippen LogP contribution in [0.2, 0.25) is 4.34 Å². The van der Waals surface area contributed by atoms with Crippen molar-refractivity contribution in [2.75, 3.05) is 18.8 Å². The molecular weight excluding hydrogens is 280 g/mol. The van der Waals surface area contributed by atoms with Gasteiger partial charge in [0.05, 0.1) is 10.1 Å². The molecule has 0 spiro atoms. The quantitative estimate of drug-likeness (QED) is 0.720. The van der Waals surface area contributed by atoms with Crippen molar-refractivity contribution in [1.29, 1.82) is 0 Å². The molecule has 0 radical (unpaired) electrons. The van der Waals surface area contributed by atoms with Crippen LogP contribution in [0, 0.1) is 0 Å². The summed E-state index contributed by atoms with van der Waals surface area (Å²) in [6.45, 7) is 3.68. The van der Waals surface area contributed by atoms with Crippen molar-refractivity contribution >= 4 is 33.0 Å². The minimum absolute atomic E-state index is 0.103. The Balaban J connectivity index is 2.29. The van der Waals surface area contributed by atoms with Crippen LogP contribution < -0.4 is 10.0 Å². The summed E-state index contributed by atoms with van der Waals surface area (Å²) in [7, 11) is -3.20.